The van der Waals surface area contributed by atoms with Gasteiger partial charge in [0, 0.05) is 17.8 Å². The molecule has 3 aromatic carbocycles. The normalized spacial score (nSPS) is 17.8. The molecule has 1 aliphatic heterocycles. The zero-order chi connectivity index (χ0) is 18.5. The second kappa shape index (κ2) is 7.71. The van der Waals surface area contributed by atoms with Gasteiger partial charge in [-0.15, -0.1) is 0 Å². The van der Waals surface area contributed by atoms with E-state index in [4.69, 9.17) is 4.74 Å². The number of hydrogen-bond acceptors (Lipinski definition) is 2. The van der Waals surface area contributed by atoms with E-state index in [2.05, 4.69) is 97.2 Å². The third kappa shape index (κ3) is 4.40. The summed E-state index contributed by atoms with van der Waals surface area (Å²) < 4.78 is 6.34. The van der Waals surface area contributed by atoms with Crippen LogP contribution >= 0.6 is 0 Å². The second-order valence-electron chi connectivity index (χ2n) is 7.33. The summed E-state index contributed by atoms with van der Waals surface area (Å²) >= 11 is 0. The first-order valence-corrected chi connectivity index (χ1v) is 9.54. The fraction of sp³-hybridized carbons (Fsp3) is 0.200. The Balaban J connectivity index is 1.41. The Hall–Kier alpha value is -3.00. The minimum absolute atomic E-state index is 0.262. The molecule has 0 bridgehead atoms. The van der Waals surface area contributed by atoms with Crippen molar-refractivity contribution in [2.24, 2.45) is 0 Å². The minimum Gasteiger partial charge on any atom is -0.483 e. The maximum Gasteiger partial charge on any atom is 0.127 e. The Morgan fingerprint density at radius 3 is 2.30 bits per heavy atom. The molecule has 1 unspecified atom stereocenters. The van der Waals surface area contributed by atoms with Crippen molar-refractivity contribution < 1.29 is 4.74 Å². The van der Waals surface area contributed by atoms with Crippen molar-refractivity contribution in [2.75, 3.05) is 5.32 Å². The van der Waals surface area contributed by atoms with Crippen LogP contribution in [0, 0.1) is 0 Å². The van der Waals surface area contributed by atoms with E-state index in [0.29, 0.717) is 0 Å². The predicted octanol–water partition coefficient (Wildman–Crippen LogP) is 6.10. The monoisotopic (exact) mass is 355 g/mol. The SMILES string of the molecule is CC1(CCc2ccccc2)C=Cc2cc(NCc3ccccc3)ccc2O1. The summed E-state index contributed by atoms with van der Waals surface area (Å²) in [7, 11) is 0. The first-order chi connectivity index (χ1) is 13.2. The quantitative estimate of drug-likeness (QED) is 0.577. The van der Waals surface area contributed by atoms with Gasteiger partial charge in [-0.3, -0.25) is 0 Å². The first kappa shape index (κ1) is 17.4. The van der Waals surface area contributed by atoms with Crippen LogP contribution in [0.25, 0.3) is 6.08 Å². The van der Waals surface area contributed by atoms with Crippen molar-refractivity contribution in [2.45, 2.75) is 31.9 Å². The van der Waals surface area contributed by atoms with E-state index in [1.807, 2.05) is 6.07 Å². The highest BCUT2D eigenvalue weighted by Crippen LogP contribution is 2.35. The van der Waals surface area contributed by atoms with Gasteiger partial charge in [0.2, 0.25) is 0 Å². The average molecular weight is 355 g/mol. The zero-order valence-corrected chi connectivity index (χ0v) is 15.7. The van der Waals surface area contributed by atoms with Gasteiger partial charge in [0.1, 0.15) is 11.4 Å². The first-order valence-electron chi connectivity index (χ1n) is 9.54. The van der Waals surface area contributed by atoms with Crippen molar-refractivity contribution in [3.8, 4) is 5.75 Å². The summed E-state index contributed by atoms with van der Waals surface area (Å²) in [6.07, 6.45) is 6.35. The van der Waals surface area contributed by atoms with Gasteiger partial charge in [-0.05, 0) is 55.2 Å². The summed E-state index contributed by atoms with van der Waals surface area (Å²) in [5.74, 6) is 0.957. The number of anilines is 1. The molecule has 1 N–H and O–H groups in total. The molecule has 2 heteroatoms. The maximum atomic E-state index is 6.34. The van der Waals surface area contributed by atoms with Crippen LogP contribution in [-0.2, 0) is 13.0 Å². The summed E-state index contributed by atoms with van der Waals surface area (Å²) in [5.41, 5.74) is 4.60. The number of benzene rings is 3. The number of hydrogen-bond donors (Lipinski definition) is 1. The number of rotatable bonds is 6. The summed E-state index contributed by atoms with van der Waals surface area (Å²) in [5, 5.41) is 3.49. The van der Waals surface area contributed by atoms with E-state index in [1.165, 1.54) is 11.1 Å². The van der Waals surface area contributed by atoms with Crippen LogP contribution in [0.1, 0.15) is 30.0 Å². The van der Waals surface area contributed by atoms with Crippen LogP contribution in [0.4, 0.5) is 5.69 Å². The van der Waals surface area contributed by atoms with E-state index in [1.54, 1.807) is 0 Å². The average Bonchev–Trinajstić information content (AvgIpc) is 2.72. The Kier molecular flexibility index (Phi) is 4.97. The Morgan fingerprint density at radius 2 is 1.56 bits per heavy atom. The molecule has 0 amide bonds. The third-order valence-electron chi connectivity index (χ3n) is 5.06. The zero-order valence-electron chi connectivity index (χ0n) is 15.7. The van der Waals surface area contributed by atoms with Crippen molar-refractivity contribution in [3.63, 3.8) is 0 Å². The molecule has 3 aromatic rings. The Labute approximate surface area is 161 Å². The molecule has 27 heavy (non-hydrogen) atoms. The molecule has 2 nitrogen and oxygen atoms in total. The Bertz CT molecular complexity index is 918. The van der Waals surface area contributed by atoms with E-state index >= 15 is 0 Å². The molecular weight excluding hydrogens is 330 g/mol. The third-order valence-corrected chi connectivity index (χ3v) is 5.06. The summed E-state index contributed by atoms with van der Waals surface area (Å²) in [6, 6.07) is 27.4. The molecular formula is C25H25NO. The standard InChI is InChI=1S/C25H25NO/c1-25(16-14-20-8-4-2-5-9-20)17-15-22-18-23(12-13-24(22)27-25)26-19-21-10-6-3-7-11-21/h2-13,15,17-18,26H,14,16,19H2,1H3. The van der Waals surface area contributed by atoms with Crippen LogP contribution in [0.5, 0.6) is 5.75 Å². The summed E-state index contributed by atoms with van der Waals surface area (Å²) in [4.78, 5) is 0. The van der Waals surface area contributed by atoms with Gasteiger partial charge in [-0.1, -0.05) is 66.7 Å². The van der Waals surface area contributed by atoms with Gasteiger partial charge in [-0.2, -0.15) is 0 Å². The molecule has 0 fully saturated rings. The van der Waals surface area contributed by atoms with Crippen LogP contribution in [0.2, 0.25) is 0 Å². The largest absolute Gasteiger partial charge is 0.483 e. The molecule has 4 rings (SSSR count). The predicted molar refractivity (Wildman–Crippen MR) is 113 cm³/mol. The number of ether oxygens (including phenoxy) is 1. The van der Waals surface area contributed by atoms with Gasteiger partial charge in [0.05, 0.1) is 0 Å². The van der Waals surface area contributed by atoms with Gasteiger partial charge in [0.15, 0.2) is 0 Å². The minimum atomic E-state index is -0.262. The van der Waals surface area contributed by atoms with Crippen molar-refractivity contribution in [3.05, 3.63) is 102 Å². The number of nitrogens with one attached hydrogen (secondary N) is 1. The highest BCUT2D eigenvalue weighted by atomic mass is 16.5. The lowest BCUT2D eigenvalue weighted by molar-refractivity contribution is 0.128. The molecule has 1 aliphatic rings. The van der Waals surface area contributed by atoms with Gasteiger partial charge in [-0.25, -0.2) is 0 Å². The summed E-state index contributed by atoms with van der Waals surface area (Å²) in [6.45, 7) is 2.98. The fourth-order valence-corrected chi connectivity index (χ4v) is 3.40. The van der Waals surface area contributed by atoms with E-state index in [-0.39, 0.29) is 5.60 Å². The number of fused-ring (bicyclic) bond motifs is 1. The smallest absolute Gasteiger partial charge is 0.127 e. The lowest BCUT2D eigenvalue weighted by Crippen LogP contribution is -2.32. The number of aryl methyl sites for hydroxylation is 1. The van der Waals surface area contributed by atoms with Crippen molar-refractivity contribution in [1.82, 2.24) is 0 Å². The lowest BCUT2D eigenvalue weighted by Gasteiger charge is -2.32. The fourth-order valence-electron chi connectivity index (χ4n) is 3.40. The topological polar surface area (TPSA) is 21.3 Å². The van der Waals surface area contributed by atoms with E-state index < -0.39 is 0 Å². The molecule has 0 spiro atoms. The Morgan fingerprint density at radius 1 is 0.852 bits per heavy atom. The van der Waals surface area contributed by atoms with Crippen LogP contribution in [0.15, 0.2) is 84.9 Å². The molecule has 0 saturated carbocycles. The molecule has 0 saturated heterocycles. The van der Waals surface area contributed by atoms with Crippen LogP contribution < -0.4 is 10.1 Å². The van der Waals surface area contributed by atoms with Gasteiger partial charge < -0.3 is 10.1 Å². The molecule has 1 heterocycles. The maximum absolute atomic E-state index is 6.34. The lowest BCUT2D eigenvalue weighted by atomic mass is 9.93. The molecule has 0 aromatic heterocycles. The highest BCUT2D eigenvalue weighted by molar-refractivity contribution is 5.66. The van der Waals surface area contributed by atoms with Crippen molar-refractivity contribution in [1.29, 1.82) is 0 Å². The van der Waals surface area contributed by atoms with Crippen LogP contribution in [-0.4, -0.2) is 5.60 Å². The van der Waals surface area contributed by atoms with Gasteiger partial charge in [0.25, 0.3) is 0 Å². The van der Waals surface area contributed by atoms with Crippen LogP contribution in [0.3, 0.4) is 0 Å². The second-order valence-corrected chi connectivity index (χ2v) is 7.33. The van der Waals surface area contributed by atoms with E-state index in [0.717, 1.165) is 36.4 Å². The van der Waals surface area contributed by atoms with Crippen molar-refractivity contribution >= 4 is 11.8 Å². The van der Waals surface area contributed by atoms with E-state index in [9.17, 15) is 0 Å². The molecule has 1 atom stereocenters. The molecule has 0 aliphatic carbocycles. The molecule has 136 valence electrons. The highest BCUT2D eigenvalue weighted by Gasteiger charge is 2.27. The van der Waals surface area contributed by atoms with Gasteiger partial charge >= 0.3 is 0 Å². The molecule has 0 radical (unpaired) electrons.